The summed E-state index contributed by atoms with van der Waals surface area (Å²) >= 11 is 0. The molecule has 14 heteroatoms. The summed E-state index contributed by atoms with van der Waals surface area (Å²) in [6.45, 7) is -0.435. The van der Waals surface area contributed by atoms with Crippen LogP contribution in [0.1, 0.15) is 11.5 Å². The van der Waals surface area contributed by atoms with Crippen molar-refractivity contribution < 1.29 is 39.6 Å². The van der Waals surface area contributed by atoms with Gasteiger partial charge in [0.25, 0.3) is 0 Å². The summed E-state index contributed by atoms with van der Waals surface area (Å²) in [5.41, 5.74) is 0.127. The van der Waals surface area contributed by atoms with Crippen molar-refractivity contribution in [1.29, 1.82) is 0 Å². The quantitative estimate of drug-likeness (QED) is 0.489. The summed E-state index contributed by atoms with van der Waals surface area (Å²) in [5.74, 6) is -3.97. The molecule has 8 nitrogen and oxygen atoms in total. The number of rotatable bonds is 4. The highest BCUT2D eigenvalue weighted by Crippen LogP contribution is 2.31. The van der Waals surface area contributed by atoms with Crippen molar-refractivity contribution in [3.05, 3.63) is 65.6 Å². The number of benzene rings is 2. The lowest BCUT2D eigenvalue weighted by Crippen LogP contribution is -2.49. The SMILES string of the molecule is O=C(N1CCS(=O)(=O)CC1)N(Cc1ccc(-c2nnc(C(F)(F)F)o2)cc1F)c1ccc(F)cc1. The Hall–Kier alpha value is -3.55. The van der Waals surface area contributed by atoms with E-state index in [-0.39, 0.29) is 48.0 Å². The summed E-state index contributed by atoms with van der Waals surface area (Å²) < 4.78 is 94.4. The first-order valence-corrected chi connectivity index (χ1v) is 12.0. The van der Waals surface area contributed by atoms with Crippen molar-refractivity contribution in [3.8, 4) is 11.5 Å². The Morgan fingerprint density at radius 1 is 1.03 bits per heavy atom. The summed E-state index contributed by atoms with van der Waals surface area (Å²) in [5, 5.41) is 6.18. The lowest BCUT2D eigenvalue weighted by molar-refractivity contribution is -0.156. The Balaban J connectivity index is 1.61. The molecule has 0 N–H and O–H groups in total. The summed E-state index contributed by atoms with van der Waals surface area (Å²) in [4.78, 5) is 15.7. The number of aromatic nitrogens is 2. The average Bonchev–Trinajstić information content (AvgIpc) is 3.30. The van der Waals surface area contributed by atoms with E-state index in [2.05, 4.69) is 14.6 Å². The van der Waals surface area contributed by atoms with Crippen molar-refractivity contribution >= 4 is 21.6 Å². The molecule has 0 aliphatic carbocycles. The molecular weight excluding hydrogens is 499 g/mol. The second kappa shape index (κ2) is 9.24. The first-order valence-electron chi connectivity index (χ1n) is 10.1. The van der Waals surface area contributed by atoms with E-state index in [9.17, 15) is 35.2 Å². The normalized spacial score (nSPS) is 15.7. The molecule has 0 unspecified atom stereocenters. The minimum atomic E-state index is -4.85. The van der Waals surface area contributed by atoms with Gasteiger partial charge in [0, 0.05) is 29.9 Å². The van der Waals surface area contributed by atoms with Gasteiger partial charge in [0.2, 0.25) is 5.89 Å². The highest BCUT2D eigenvalue weighted by Gasteiger charge is 2.38. The van der Waals surface area contributed by atoms with Crippen molar-refractivity contribution in [2.75, 3.05) is 29.5 Å². The van der Waals surface area contributed by atoms with Gasteiger partial charge >= 0.3 is 18.1 Å². The van der Waals surface area contributed by atoms with Gasteiger partial charge in [-0.15, -0.1) is 10.2 Å². The summed E-state index contributed by atoms with van der Waals surface area (Å²) in [6, 6.07) is 7.65. The number of hydrogen-bond acceptors (Lipinski definition) is 6. The molecule has 1 aliphatic rings. The number of amides is 2. The molecule has 3 aromatic rings. The van der Waals surface area contributed by atoms with Crippen molar-refractivity contribution in [3.63, 3.8) is 0 Å². The third kappa shape index (κ3) is 5.58. The molecule has 0 bridgehead atoms. The van der Waals surface area contributed by atoms with Crippen LogP contribution in [-0.4, -0.2) is 54.1 Å². The average molecular weight is 516 g/mol. The molecule has 0 saturated carbocycles. The van der Waals surface area contributed by atoms with Gasteiger partial charge in [0.05, 0.1) is 18.1 Å². The zero-order valence-corrected chi connectivity index (χ0v) is 18.6. The van der Waals surface area contributed by atoms with Gasteiger partial charge in [-0.25, -0.2) is 22.0 Å². The molecule has 186 valence electrons. The van der Waals surface area contributed by atoms with Gasteiger partial charge in [-0.05, 0) is 36.4 Å². The molecule has 2 aromatic carbocycles. The molecule has 1 saturated heterocycles. The van der Waals surface area contributed by atoms with E-state index in [0.29, 0.717) is 0 Å². The monoisotopic (exact) mass is 516 g/mol. The van der Waals surface area contributed by atoms with Crippen molar-refractivity contribution in [1.82, 2.24) is 15.1 Å². The van der Waals surface area contributed by atoms with Gasteiger partial charge in [-0.1, -0.05) is 6.07 Å². The number of nitrogens with zero attached hydrogens (tertiary/aromatic N) is 4. The Morgan fingerprint density at radius 3 is 2.26 bits per heavy atom. The van der Waals surface area contributed by atoms with Gasteiger partial charge < -0.3 is 9.32 Å². The largest absolute Gasteiger partial charge is 0.470 e. The molecule has 1 aromatic heterocycles. The van der Waals surface area contributed by atoms with E-state index in [1.54, 1.807) is 0 Å². The smallest absolute Gasteiger partial charge is 0.413 e. The third-order valence-electron chi connectivity index (χ3n) is 5.28. The number of carbonyl (C=O) groups is 1. The van der Waals surface area contributed by atoms with Crippen LogP contribution >= 0.6 is 0 Å². The highest BCUT2D eigenvalue weighted by molar-refractivity contribution is 7.91. The molecule has 2 amide bonds. The third-order valence-corrected chi connectivity index (χ3v) is 6.89. The molecule has 4 rings (SSSR count). The topological polar surface area (TPSA) is 96.6 Å². The maximum atomic E-state index is 14.9. The van der Waals surface area contributed by atoms with Crippen LogP contribution in [0.3, 0.4) is 0 Å². The minimum absolute atomic E-state index is 0.00776. The molecule has 1 aliphatic heterocycles. The molecule has 35 heavy (non-hydrogen) atoms. The lowest BCUT2D eigenvalue weighted by atomic mass is 10.1. The zero-order chi connectivity index (χ0) is 25.4. The van der Waals surface area contributed by atoms with Gasteiger partial charge in [0.15, 0.2) is 9.84 Å². The molecule has 0 radical (unpaired) electrons. The molecule has 0 spiro atoms. The van der Waals surface area contributed by atoms with Crippen LogP contribution in [0.25, 0.3) is 11.5 Å². The summed E-state index contributed by atoms with van der Waals surface area (Å²) in [7, 11) is -3.26. The zero-order valence-electron chi connectivity index (χ0n) is 17.8. The predicted molar refractivity (Wildman–Crippen MR) is 113 cm³/mol. The molecule has 2 heterocycles. The first-order chi connectivity index (χ1) is 16.4. The van der Waals surface area contributed by atoms with E-state index < -0.39 is 45.5 Å². The number of anilines is 1. The maximum Gasteiger partial charge on any atom is 0.470 e. The van der Waals surface area contributed by atoms with Crippen LogP contribution in [0.15, 0.2) is 46.9 Å². The van der Waals surface area contributed by atoms with E-state index in [1.807, 2.05) is 0 Å². The number of hydrogen-bond donors (Lipinski definition) is 0. The second-order valence-electron chi connectivity index (χ2n) is 7.70. The van der Waals surface area contributed by atoms with Crippen LogP contribution in [0, 0.1) is 11.6 Å². The van der Waals surface area contributed by atoms with Crippen LogP contribution in [0.2, 0.25) is 0 Å². The van der Waals surface area contributed by atoms with Crippen LogP contribution < -0.4 is 4.90 Å². The molecular formula is C21H17F5N4O4S. The molecule has 1 fully saturated rings. The standard InChI is InChI=1S/C21H17F5N4O4S/c22-15-3-5-16(6-4-15)30(20(31)29-7-9-35(32,33)10-8-29)12-14-2-1-13(11-17(14)23)18-27-28-19(34-18)21(24,25)26/h1-6,11H,7-10,12H2. The Bertz CT molecular complexity index is 1330. The summed E-state index contributed by atoms with van der Waals surface area (Å²) in [6.07, 6.45) is -4.85. The van der Waals surface area contributed by atoms with E-state index in [0.717, 1.165) is 23.1 Å². The Labute approximate surface area is 195 Å². The fourth-order valence-electron chi connectivity index (χ4n) is 3.40. The number of urea groups is 1. The Morgan fingerprint density at radius 2 is 1.69 bits per heavy atom. The molecule has 0 atom stereocenters. The number of halogens is 5. The Kier molecular flexibility index (Phi) is 6.49. The van der Waals surface area contributed by atoms with Gasteiger partial charge in [-0.3, -0.25) is 4.90 Å². The van der Waals surface area contributed by atoms with Gasteiger partial charge in [-0.2, -0.15) is 13.2 Å². The number of carbonyl (C=O) groups excluding carboxylic acids is 1. The maximum absolute atomic E-state index is 14.9. The van der Waals surface area contributed by atoms with Crippen LogP contribution in [0.4, 0.5) is 32.4 Å². The van der Waals surface area contributed by atoms with Crippen LogP contribution in [0.5, 0.6) is 0 Å². The number of sulfone groups is 1. The van der Waals surface area contributed by atoms with E-state index in [4.69, 9.17) is 0 Å². The van der Waals surface area contributed by atoms with Crippen molar-refractivity contribution in [2.45, 2.75) is 12.7 Å². The van der Waals surface area contributed by atoms with Crippen molar-refractivity contribution in [2.24, 2.45) is 0 Å². The van der Waals surface area contributed by atoms with E-state index in [1.165, 1.54) is 29.2 Å². The fraction of sp³-hybridized carbons (Fsp3) is 0.286. The van der Waals surface area contributed by atoms with Gasteiger partial charge in [0.1, 0.15) is 11.6 Å². The lowest BCUT2D eigenvalue weighted by Gasteiger charge is -2.33. The number of alkyl halides is 3. The van der Waals surface area contributed by atoms with Crippen LogP contribution in [-0.2, 0) is 22.6 Å². The van der Waals surface area contributed by atoms with E-state index >= 15 is 0 Å². The highest BCUT2D eigenvalue weighted by atomic mass is 32.2. The second-order valence-corrected chi connectivity index (χ2v) is 10.0. The fourth-order valence-corrected chi connectivity index (χ4v) is 4.60. The predicted octanol–water partition coefficient (Wildman–Crippen LogP) is 3.89. The first kappa shape index (κ1) is 24.6. The minimum Gasteiger partial charge on any atom is -0.413 e.